The van der Waals surface area contributed by atoms with Gasteiger partial charge in [-0.3, -0.25) is 0 Å². The van der Waals surface area contributed by atoms with Gasteiger partial charge < -0.3 is 29.6 Å². The smallest absolute Gasteiger partial charge is 0.143 e. The molecular weight excluding hydrogens is 384 g/mol. The third-order valence-electron chi connectivity index (χ3n) is 6.09. The van der Waals surface area contributed by atoms with Gasteiger partial charge in [-0.2, -0.15) is 0 Å². The fourth-order valence-electron chi connectivity index (χ4n) is 4.49. The molecule has 0 unspecified atom stereocenters. The molecule has 2 aromatic heterocycles. The second-order valence-corrected chi connectivity index (χ2v) is 8.15. The normalized spacial score (nSPS) is 28.7. The number of ether oxygens (including phenoxy) is 2. The zero-order valence-corrected chi connectivity index (χ0v) is 17.0. The number of benzene rings is 1. The molecule has 5 rings (SSSR count). The van der Waals surface area contributed by atoms with E-state index in [-0.39, 0.29) is 12.1 Å². The monoisotopic (exact) mass is 410 g/mol. The van der Waals surface area contributed by atoms with Gasteiger partial charge in [0.1, 0.15) is 47.9 Å². The molecule has 8 nitrogen and oxygen atoms in total. The Kier molecular flexibility index (Phi) is 4.85. The van der Waals surface area contributed by atoms with Gasteiger partial charge in [-0.1, -0.05) is 6.07 Å². The Morgan fingerprint density at radius 2 is 2.07 bits per heavy atom. The molecule has 0 amide bonds. The third-order valence-corrected chi connectivity index (χ3v) is 6.09. The summed E-state index contributed by atoms with van der Waals surface area (Å²) < 4.78 is 14.1. The molecule has 8 heteroatoms. The Morgan fingerprint density at radius 1 is 1.20 bits per heavy atom. The Hall–Kier alpha value is -2.68. The highest BCUT2D eigenvalue weighted by atomic mass is 16.5. The summed E-state index contributed by atoms with van der Waals surface area (Å²) in [4.78, 5) is 8.61. The maximum absolute atomic E-state index is 10.8. The number of rotatable bonds is 3. The number of fused-ring (bicyclic) bond motifs is 2. The quantitative estimate of drug-likeness (QED) is 0.604. The molecule has 1 fully saturated rings. The van der Waals surface area contributed by atoms with Gasteiger partial charge in [-0.15, -0.1) is 0 Å². The lowest BCUT2D eigenvalue weighted by Gasteiger charge is -2.21. The Bertz CT molecular complexity index is 1070. The topological polar surface area (TPSA) is 102 Å². The predicted octanol–water partition coefficient (Wildman–Crippen LogP) is 1.72. The van der Waals surface area contributed by atoms with Gasteiger partial charge in [0.15, 0.2) is 0 Å². The number of aromatic nitrogens is 3. The van der Waals surface area contributed by atoms with Crippen LogP contribution in [0.2, 0.25) is 0 Å². The molecule has 30 heavy (non-hydrogen) atoms. The van der Waals surface area contributed by atoms with Crippen LogP contribution in [-0.4, -0.2) is 55.7 Å². The minimum atomic E-state index is -1.01. The van der Waals surface area contributed by atoms with Gasteiger partial charge in [0.2, 0.25) is 0 Å². The molecule has 158 valence electrons. The molecule has 1 aliphatic heterocycles. The van der Waals surface area contributed by atoms with E-state index in [1.807, 2.05) is 48.9 Å². The van der Waals surface area contributed by atoms with Gasteiger partial charge in [0.05, 0.1) is 11.7 Å². The second kappa shape index (κ2) is 7.54. The van der Waals surface area contributed by atoms with E-state index in [2.05, 4.69) is 15.3 Å². The van der Waals surface area contributed by atoms with Crippen molar-refractivity contribution in [2.75, 3.05) is 6.54 Å². The van der Waals surface area contributed by atoms with E-state index >= 15 is 0 Å². The van der Waals surface area contributed by atoms with Crippen molar-refractivity contribution >= 4 is 11.0 Å². The van der Waals surface area contributed by atoms with Crippen molar-refractivity contribution in [3.63, 3.8) is 0 Å². The largest absolute Gasteiger partial charge is 0.489 e. The van der Waals surface area contributed by atoms with E-state index in [9.17, 15) is 10.2 Å². The van der Waals surface area contributed by atoms with Crippen LogP contribution < -0.4 is 14.8 Å². The average molecular weight is 410 g/mol. The second-order valence-electron chi connectivity index (χ2n) is 8.15. The highest BCUT2D eigenvalue weighted by Crippen LogP contribution is 2.38. The number of aliphatic hydroxyl groups excluding tert-OH is 2. The molecular formula is C22H26N4O4. The first-order chi connectivity index (χ1) is 14.5. The molecule has 1 aliphatic carbocycles. The van der Waals surface area contributed by atoms with E-state index in [0.717, 1.165) is 34.6 Å². The average Bonchev–Trinajstić information content (AvgIpc) is 3.20. The van der Waals surface area contributed by atoms with Crippen LogP contribution in [-0.2, 0) is 6.54 Å². The van der Waals surface area contributed by atoms with Crippen LogP contribution >= 0.6 is 0 Å². The molecule has 0 bridgehead atoms. The van der Waals surface area contributed by atoms with Crippen molar-refractivity contribution in [2.24, 2.45) is 0 Å². The summed E-state index contributed by atoms with van der Waals surface area (Å²) in [6.45, 7) is 5.33. The van der Waals surface area contributed by atoms with Crippen molar-refractivity contribution in [1.29, 1.82) is 0 Å². The van der Waals surface area contributed by atoms with Crippen molar-refractivity contribution in [3.8, 4) is 11.5 Å². The van der Waals surface area contributed by atoms with Crippen LogP contribution in [0.25, 0.3) is 11.0 Å². The van der Waals surface area contributed by atoms with E-state index in [0.29, 0.717) is 18.7 Å². The van der Waals surface area contributed by atoms with Crippen molar-refractivity contribution in [1.82, 2.24) is 19.9 Å². The summed E-state index contributed by atoms with van der Waals surface area (Å²) in [5, 5.41) is 25.8. The number of aryl methyl sites for hydroxylation is 1. The van der Waals surface area contributed by atoms with Crippen LogP contribution in [0.15, 0.2) is 36.8 Å². The standard InChI is InChI=1S/C22H26N4O4/c1-12-9-23-10-15-17(29-12)4-3-5-18(15)30-19-8-16(20(27)21(19)28)26-7-6-14-13(2)24-11-25-22(14)26/h3-7,11-12,16,19-21,23,27-28H,8-10H2,1-2H3/t12-,16+,19-,20-,21+/m0/s1. The van der Waals surface area contributed by atoms with Crippen LogP contribution in [0.3, 0.4) is 0 Å². The lowest BCUT2D eigenvalue weighted by atomic mass is 10.1. The summed E-state index contributed by atoms with van der Waals surface area (Å²) in [5.74, 6) is 1.46. The SMILES string of the molecule is Cc1ncnc2c1ccn2[C@@H]1C[C@H](Oc2cccc3c2CNC[C@H](C)O3)[C@@H](O)[C@H]1O. The number of nitrogens with zero attached hydrogens (tertiary/aromatic N) is 3. The highest BCUT2D eigenvalue weighted by Gasteiger charge is 2.44. The molecule has 3 heterocycles. The number of hydrogen-bond acceptors (Lipinski definition) is 7. The Balaban J connectivity index is 1.42. The highest BCUT2D eigenvalue weighted by molar-refractivity contribution is 5.78. The van der Waals surface area contributed by atoms with Crippen LogP contribution in [0.5, 0.6) is 11.5 Å². The first-order valence-corrected chi connectivity index (χ1v) is 10.3. The zero-order valence-electron chi connectivity index (χ0n) is 17.0. The molecule has 5 atom stereocenters. The lowest BCUT2D eigenvalue weighted by Crippen LogP contribution is -2.34. The van der Waals surface area contributed by atoms with E-state index in [1.165, 1.54) is 6.33 Å². The van der Waals surface area contributed by atoms with E-state index < -0.39 is 18.3 Å². The van der Waals surface area contributed by atoms with Gasteiger partial charge in [-0.25, -0.2) is 9.97 Å². The van der Waals surface area contributed by atoms with Crippen LogP contribution in [0, 0.1) is 6.92 Å². The Morgan fingerprint density at radius 3 is 2.93 bits per heavy atom. The van der Waals surface area contributed by atoms with Gasteiger partial charge in [-0.05, 0) is 32.0 Å². The van der Waals surface area contributed by atoms with Crippen molar-refractivity contribution in [2.45, 2.75) is 57.3 Å². The van der Waals surface area contributed by atoms with E-state index in [1.54, 1.807) is 0 Å². The molecule has 3 N–H and O–H groups in total. The predicted molar refractivity (Wildman–Crippen MR) is 111 cm³/mol. The minimum absolute atomic E-state index is 0.0669. The maximum Gasteiger partial charge on any atom is 0.143 e. The van der Waals surface area contributed by atoms with E-state index in [4.69, 9.17) is 9.47 Å². The first-order valence-electron chi connectivity index (χ1n) is 10.3. The summed E-state index contributed by atoms with van der Waals surface area (Å²) in [5.41, 5.74) is 2.56. The van der Waals surface area contributed by atoms with Gasteiger partial charge >= 0.3 is 0 Å². The molecule has 3 aromatic rings. The molecule has 1 saturated carbocycles. The fourth-order valence-corrected chi connectivity index (χ4v) is 4.49. The van der Waals surface area contributed by atoms with Crippen molar-refractivity contribution < 1.29 is 19.7 Å². The summed E-state index contributed by atoms with van der Waals surface area (Å²) in [6.07, 6.45) is 1.43. The van der Waals surface area contributed by atoms with Gasteiger partial charge in [0.25, 0.3) is 0 Å². The fraction of sp³-hybridized carbons (Fsp3) is 0.455. The molecule has 0 saturated heterocycles. The first kappa shape index (κ1) is 19.3. The van der Waals surface area contributed by atoms with Crippen molar-refractivity contribution in [3.05, 3.63) is 48.0 Å². The van der Waals surface area contributed by atoms with Crippen LogP contribution in [0.4, 0.5) is 0 Å². The summed E-state index contributed by atoms with van der Waals surface area (Å²) in [6, 6.07) is 7.31. The third kappa shape index (κ3) is 3.21. The Labute approximate surface area is 174 Å². The van der Waals surface area contributed by atoms with Gasteiger partial charge in [0, 0.05) is 36.7 Å². The molecule has 0 spiro atoms. The number of hydrogen-bond donors (Lipinski definition) is 3. The zero-order chi connectivity index (χ0) is 20.8. The maximum atomic E-state index is 10.8. The minimum Gasteiger partial charge on any atom is -0.489 e. The van der Waals surface area contributed by atoms with Crippen LogP contribution in [0.1, 0.15) is 30.6 Å². The summed E-state index contributed by atoms with van der Waals surface area (Å²) >= 11 is 0. The molecule has 2 aliphatic rings. The number of nitrogens with one attached hydrogen (secondary N) is 1. The number of aliphatic hydroxyl groups is 2. The molecule has 0 radical (unpaired) electrons. The molecule has 1 aromatic carbocycles. The lowest BCUT2D eigenvalue weighted by molar-refractivity contribution is -0.0166. The summed E-state index contributed by atoms with van der Waals surface area (Å²) in [7, 11) is 0.